The van der Waals surface area contributed by atoms with Crippen LogP contribution < -0.4 is 19.1 Å². The Morgan fingerprint density at radius 3 is 2.80 bits per heavy atom. The molecule has 0 radical (unpaired) electrons. The lowest BCUT2D eigenvalue weighted by Gasteiger charge is -2.18. The normalized spacial score (nSPS) is 24.1. The van der Waals surface area contributed by atoms with Gasteiger partial charge in [-0.1, -0.05) is 0 Å². The standard InChI is InChI=1S/C15H18FN3O5S/c16-14-10-3-9(6-17-5-8-1-2-8)24-12(10)4-11(20)15(14)19-7-13(21)18-25(19,22)23/h4,8-9,17,20H,1-3,5-7H2,(H,18,21)/t9-/m1/s1. The maximum absolute atomic E-state index is 14.9. The lowest BCUT2D eigenvalue weighted by Crippen LogP contribution is -2.31. The molecule has 0 bridgehead atoms. The van der Waals surface area contributed by atoms with E-state index in [9.17, 15) is 22.7 Å². The van der Waals surface area contributed by atoms with Crippen LogP contribution in [0.1, 0.15) is 18.4 Å². The molecule has 0 spiro atoms. The van der Waals surface area contributed by atoms with Crippen LogP contribution in [0.3, 0.4) is 0 Å². The van der Waals surface area contributed by atoms with Gasteiger partial charge in [-0.3, -0.25) is 4.79 Å². The monoisotopic (exact) mass is 371 g/mol. The van der Waals surface area contributed by atoms with Crippen molar-refractivity contribution >= 4 is 21.8 Å². The van der Waals surface area contributed by atoms with Gasteiger partial charge in [-0.25, -0.2) is 13.4 Å². The molecule has 3 N–H and O–H groups in total. The van der Waals surface area contributed by atoms with E-state index >= 15 is 0 Å². The summed E-state index contributed by atoms with van der Waals surface area (Å²) in [5.41, 5.74) is -0.312. The van der Waals surface area contributed by atoms with Crippen LogP contribution in [-0.4, -0.2) is 45.2 Å². The fourth-order valence-electron chi connectivity index (χ4n) is 3.15. The zero-order valence-corrected chi connectivity index (χ0v) is 14.1. The van der Waals surface area contributed by atoms with Crippen molar-refractivity contribution in [3.8, 4) is 11.5 Å². The first-order valence-corrected chi connectivity index (χ1v) is 9.54. The van der Waals surface area contributed by atoms with Crippen molar-refractivity contribution in [3.05, 3.63) is 17.4 Å². The fraction of sp³-hybridized carbons (Fsp3) is 0.533. The second kappa shape index (κ2) is 5.73. The number of anilines is 1. The number of phenolic OH excluding ortho intramolecular Hbond substituents is 1. The predicted molar refractivity (Wildman–Crippen MR) is 86.2 cm³/mol. The van der Waals surface area contributed by atoms with Gasteiger partial charge in [0.2, 0.25) is 0 Å². The van der Waals surface area contributed by atoms with Crippen LogP contribution in [0.15, 0.2) is 6.07 Å². The van der Waals surface area contributed by atoms with Gasteiger partial charge in [0.1, 0.15) is 29.8 Å². The van der Waals surface area contributed by atoms with E-state index < -0.39 is 39.9 Å². The molecule has 1 aromatic rings. The van der Waals surface area contributed by atoms with Crippen molar-refractivity contribution < 1.29 is 27.4 Å². The van der Waals surface area contributed by atoms with E-state index in [1.165, 1.54) is 18.9 Å². The second-order valence-electron chi connectivity index (χ2n) is 6.62. The van der Waals surface area contributed by atoms with Crippen LogP contribution in [0, 0.1) is 11.7 Å². The number of halogens is 1. The van der Waals surface area contributed by atoms with Crippen LogP contribution in [0.2, 0.25) is 0 Å². The summed E-state index contributed by atoms with van der Waals surface area (Å²) < 4.78 is 46.7. The third-order valence-corrected chi connectivity index (χ3v) is 5.96. The quantitative estimate of drug-likeness (QED) is 0.673. The number of rotatable bonds is 5. The Morgan fingerprint density at radius 1 is 1.40 bits per heavy atom. The number of carbonyl (C=O) groups excluding carboxylic acids is 1. The van der Waals surface area contributed by atoms with Gasteiger partial charge in [-0.2, -0.15) is 8.42 Å². The molecule has 2 aliphatic heterocycles. The van der Waals surface area contributed by atoms with Crippen molar-refractivity contribution in [1.82, 2.24) is 10.0 Å². The molecule has 8 nitrogen and oxygen atoms in total. The molecule has 1 amide bonds. The number of carbonyl (C=O) groups is 1. The zero-order chi connectivity index (χ0) is 17.8. The van der Waals surface area contributed by atoms with Crippen molar-refractivity contribution in [2.45, 2.75) is 25.4 Å². The van der Waals surface area contributed by atoms with Gasteiger partial charge in [0, 0.05) is 24.6 Å². The molecule has 1 aliphatic carbocycles. The molecule has 2 fully saturated rings. The number of benzene rings is 1. The minimum Gasteiger partial charge on any atom is -0.505 e. The summed E-state index contributed by atoms with van der Waals surface area (Å²) in [4.78, 5) is 11.4. The summed E-state index contributed by atoms with van der Waals surface area (Å²) in [5.74, 6) is -1.32. The third kappa shape index (κ3) is 2.99. The highest BCUT2D eigenvalue weighted by molar-refractivity contribution is 7.92. The van der Waals surface area contributed by atoms with Crippen LogP contribution in [0.25, 0.3) is 0 Å². The van der Waals surface area contributed by atoms with Gasteiger partial charge in [0.15, 0.2) is 5.82 Å². The van der Waals surface area contributed by atoms with Gasteiger partial charge in [0.25, 0.3) is 5.91 Å². The van der Waals surface area contributed by atoms with Gasteiger partial charge in [0.05, 0.1) is 0 Å². The first-order chi connectivity index (χ1) is 11.8. The molecule has 0 aromatic heterocycles. The minimum atomic E-state index is -4.20. The Labute approximate surface area is 144 Å². The highest BCUT2D eigenvalue weighted by Crippen LogP contribution is 2.43. The van der Waals surface area contributed by atoms with E-state index in [4.69, 9.17) is 4.74 Å². The van der Waals surface area contributed by atoms with Crippen molar-refractivity contribution in [3.63, 3.8) is 0 Å². The molecular weight excluding hydrogens is 353 g/mol. The Bertz CT molecular complexity index is 840. The largest absolute Gasteiger partial charge is 0.505 e. The minimum absolute atomic E-state index is 0.202. The van der Waals surface area contributed by atoms with E-state index in [1.807, 2.05) is 0 Å². The molecule has 1 aromatic carbocycles. The predicted octanol–water partition coefficient (Wildman–Crippen LogP) is 0.0154. The topological polar surface area (TPSA) is 108 Å². The first kappa shape index (κ1) is 16.4. The molecule has 10 heteroatoms. The van der Waals surface area contributed by atoms with E-state index in [0.717, 1.165) is 6.54 Å². The van der Waals surface area contributed by atoms with E-state index in [-0.39, 0.29) is 23.8 Å². The van der Waals surface area contributed by atoms with Crippen molar-refractivity contribution in [2.75, 3.05) is 23.9 Å². The number of phenols is 1. The van der Waals surface area contributed by atoms with Crippen LogP contribution in [-0.2, 0) is 21.4 Å². The molecular formula is C15H18FN3O5S. The Kier molecular flexibility index (Phi) is 3.76. The molecule has 1 atom stereocenters. The van der Waals surface area contributed by atoms with E-state index in [2.05, 4.69) is 5.32 Å². The van der Waals surface area contributed by atoms with Crippen molar-refractivity contribution in [2.24, 2.45) is 5.92 Å². The molecule has 4 rings (SSSR count). The van der Waals surface area contributed by atoms with Gasteiger partial charge in [-0.05, 0) is 25.3 Å². The number of nitrogens with one attached hydrogen (secondary N) is 2. The average molecular weight is 371 g/mol. The molecule has 25 heavy (non-hydrogen) atoms. The smallest absolute Gasteiger partial charge is 0.326 e. The Balaban J connectivity index is 1.57. The summed E-state index contributed by atoms with van der Waals surface area (Å²) in [6.07, 6.45) is 2.43. The summed E-state index contributed by atoms with van der Waals surface area (Å²) in [6.45, 7) is 0.872. The number of fused-ring (bicyclic) bond motifs is 1. The average Bonchev–Trinajstić information content (AvgIpc) is 3.18. The fourth-order valence-corrected chi connectivity index (χ4v) is 4.32. The number of ether oxygens (including phenoxy) is 1. The lowest BCUT2D eigenvalue weighted by molar-refractivity contribution is -0.117. The maximum atomic E-state index is 14.9. The maximum Gasteiger partial charge on any atom is 0.326 e. The van der Waals surface area contributed by atoms with E-state index in [0.29, 0.717) is 16.8 Å². The summed E-state index contributed by atoms with van der Waals surface area (Å²) in [6, 6.07) is 1.20. The van der Waals surface area contributed by atoms with Gasteiger partial charge >= 0.3 is 10.2 Å². The number of nitrogens with zero attached hydrogens (tertiary/aromatic N) is 1. The molecule has 3 aliphatic rings. The molecule has 136 valence electrons. The molecule has 0 unspecified atom stereocenters. The van der Waals surface area contributed by atoms with Crippen LogP contribution in [0.5, 0.6) is 11.5 Å². The van der Waals surface area contributed by atoms with Gasteiger partial charge in [-0.15, -0.1) is 0 Å². The number of hydrogen-bond donors (Lipinski definition) is 3. The molecule has 2 heterocycles. The molecule has 1 saturated carbocycles. The third-order valence-electron chi connectivity index (χ3n) is 4.58. The zero-order valence-electron chi connectivity index (χ0n) is 13.3. The Hall–Kier alpha value is -2.07. The Morgan fingerprint density at radius 2 is 2.16 bits per heavy atom. The van der Waals surface area contributed by atoms with Crippen LogP contribution >= 0.6 is 0 Å². The number of amides is 1. The van der Waals surface area contributed by atoms with Gasteiger partial charge < -0.3 is 15.2 Å². The number of aromatic hydroxyl groups is 1. The number of hydrogen-bond acceptors (Lipinski definition) is 6. The summed E-state index contributed by atoms with van der Waals surface area (Å²) in [7, 11) is -4.20. The highest BCUT2D eigenvalue weighted by atomic mass is 32.2. The van der Waals surface area contributed by atoms with Crippen molar-refractivity contribution in [1.29, 1.82) is 0 Å². The highest BCUT2D eigenvalue weighted by Gasteiger charge is 2.40. The first-order valence-electron chi connectivity index (χ1n) is 8.10. The SMILES string of the molecule is O=C1CN(c2c(O)cc3c(c2F)C[C@H](CNCC2CC2)O3)S(=O)(=O)N1. The summed E-state index contributed by atoms with van der Waals surface area (Å²) in [5, 5.41) is 13.4. The lowest BCUT2D eigenvalue weighted by atomic mass is 10.1. The second-order valence-corrected chi connectivity index (χ2v) is 8.21. The molecule has 1 saturated heterocycles. The van der Waals surface area contributed by atoms with E-state index in [1.54, 1.807) is 4.72 Å². The van der Waals surface area contributed by atoms with Crippen LogP contribution in [0.4, 0.5) is 10.1 Å². The summed E-state index contributed by atoms with van der Waals surface area (Å²) >= 11 is 0.